The van der Waals surface area contributed by atoms with Crippen LogP contribution in [0.4, 0.5) is 0 Å². The minimum Gasteiger partial charge on any atom is -0.354 e. The van der Waals surface area contributed by atoms with Gasteiger partial charge in [0, 0.05) is 25.9 Å². The fourth-order valence-corrected chi connectivity index (χ4v) is 4.71. The molecule has 2 amide bonds. The number of hydrogen-bond donors (Lipinski definition) is 1. The molecule has 0 unspecified atom stereocenters. The Bertz CT molecular complexity index is 1310. The summed E-state index contributed by atoms with van der Waals surface area (Å²) >= 11 is 0. The lowest BCUT2D eigenvalue weighted by Gasteiger charge is -2.32. The van der Waals surface area contributed by atoms with E-state index in [0.29, 0.717) is 32.4 Å². The smallest absolute Gasteiger partial charge is 0.243 e. The van der Waals surface area contributed by atoms with Gasteiger partial charge in [0.1, 0.15) is 6.04 Å². The summed E-state index contributed by atoms with van der Waals surface area (Å²) in [6, 6.07) is 32.1. The van der Waals surface area contributed by atoms with E-state index in [4.69, 9.17) is 0 Å². The van der Waals surface area contributed by atoms with Crippen molar-refractivity contribution in [2.75, 3.05) is 6.54 Å². The van der Waals surface area contributed by atoms with E-state index in [0.717, 1.165) is 23.1 Å². The van der Waals surface area contributed by atoms with Crippen molar-refractivity contribution in [2.45, 2.75) is 52.1 Å². The third-order valence-corrected chi connectivity index (χ3v) is 6.78. The first-order valence-corrected chi connectivity index (χ1v) is 13.2. The van der Waals surface area contributed by atoms with Crippen LogP contribution in [-0.4, -0.2) is 29.3 Å². The van der Waals surface area contributed by atoms with Gasteiger partial charge in [-0.3, -0.25) is 9.59 Å². The zero-order valence-electron chi connectivity index (χ0n) is 21.8. The van der Waals surface area contributed by atoms with Crippen molar-refractivity contribution < 1.29 is 9.59 Å². The first-order chi connectivity index (χ1) is 18.0. The van der Waals surface area contributed by atoms with Crippen molar-refractivity contribution in [1.82, 2.24) is 10.2 Å². The van der Waals surface area contributed by atoms with E-state index in [1.165, 1.54) is 16.3 Å². The Morgan fingerprint density at radius 3 is 2.27 bits per heavy atom. The Kier molecular flexibility index (Phi) is 9.09. The molecule has 0 fully saturated rings. The van der Waals surface area contributed by atoms with Crippen LogP contribution in [-0.2, 0) is 29.0 Å². The van der Waals surface area contributed by atoms with E-state index in [-0.39, 0.29) is 11.8 Å². The molecule has 0 bridgehead atoms. The van der Waals surface area contributed by atoms with Crippen LogP contribution in [0.5, 0.6) is 0 Å². The van der Waals surface area contributed by atoms with Gasteiger partial charge in [0.25, 0.3) is 0 Å². The fourth-order valence-electron chi connectivity index (χ4n) is 4.71. The van der Waals surface area contributed by atoms with Crippen LogP contribution in [0.25, 0.3) is 10.8 Å². The Morgan fingerprint density at radius 2 is 1.51 bits per heavy atom. The predicted octanol–water partition coefficient (Wildman–Crippen LogP) is 6.25. The molecule has 0 aromatic heterocycles. The molecule has 0 radical (unpaired) electrons. The maximum atomic E-state index is 13.9. The van der Waals surface area contributed by atoms with Crippen LogP contribution in [0.15, 0.2) is 97.1 Å². The molecular weight excluding hydrogens is 456 g/mol. The summed E-state index contributed by atoms with van der Waals surface area (Å²) in [5.41, 5.74) is 4.37. The zero-order chi connectivity index (χ0) is 26.0. The van der Waals surface area contributed by atoms with E-state index in [1.807, 2.05) is 74.5 Å². The molecule has 4 nitrogen and oxygen atoms in total. The average Bonchev–Trinajstić information content (AvgIpc) is 2.93. The van der Waals surface area contributed by atoms with E-state index >= 15 is 0 Å². The molecule has 0 saturated heterocycles. The van der Waals surface area contributed by atoms with Crippen LogP contribution >= 0.6 is 0 Å². The molecule has 1 N–H and O–H groups in total. The highest BCUT2D eigenvalue weighted by atomic mass is 16.2. The predicted molar refractivity (Wildman–Crippen MR) is 151 cm³/mol. The lowest BCUT2D eigenvalue weighted by Crippen LogP contribution is -2.50. The topological polar surface area (TPSA) is 49.4 Å². The Labute approximate surface area is 220 Å². The molecule has 4 rings (SSSR count). The van der Waals surface area contributed by atoms with Gasteiger partial charge < -0.3 is 10.2 Å². The monoisotopic (exact) mass is 492 g/mol. The summed E-state index contributed by atoms with van der Waals surface area (Å²) < 4.78 is 0. The van der Waals surface area contributed by atoms with E-state index in [9.17, 15) is 9.59 Å². The second-order valence-corrected chi connectivity index (χ2v) is 9.64. The first-order valence-electron chi connectivity index (χ1n) is 13.2. The highest BCUT2D eigenvalue weighted by Gasteiger charge is 2.30. The van der Waals surface area contributed by atoms with Gasteiger partial charge in [-0.25, -0.2) is 0 Å². The number of carbonyl (C=O) groups is 2. The van der Waals surface area contributed by atoms with Crippen molar-refractivity contribution >= 4 is 22.6 Å². The quantitative estimate of drug-likeness (QED) is 0.269. The summed E-state index contributed by atoms with van der Waals surface area (Å²) in [4.78, 5) is 29.1. The van der Waals surface area contributed by atoms with Gasteiger partial charge in [-0.15, -0.1) is 0 Å². The largest absolute Gasteiger partial charge is 0.354 e. The third kappa shape index (κ3) is 7.07. The molecule has 0 aliphatic heterocycles. The van der Waals surface area contributed by atoms with Crippen LogP contribution in [0.1, 0.15) is 42.0 Å². The number of hydrogen-bond acceptors (Lipinski definition) is 2. The van der Waals surface area contributed by atoms with Crippen molar-refractivity contribution in [3.05, 3.63) is 119 Å². The SMILES string of the molecule is CCCNC(=O)[C@@H](Cc1ccccc1)N(Cc1ccc(C)cc1)C(=O)CCc1cccc2ccccc12. The summed E-state index contributed by atoms with van der Waals surface area (Å²) in [7, 11) is 0. The van der Waals surface area contributed by atoms with Crippen LogP contribution < -0.4 is 5.32 Å². The summed E-state index contributed by atoms with van der Waals surface area (Å²) in [5.74, 6) is -0.114. The van der Waals surface area contributed by atoms with Gasteiger partial charge in [0.05, 0.1) is 0 Å². The molecule has 0 aliphatic carbocycles. The summed E-state index contributed by atoms with van der Waals surface area (Å²) in [6.07, 6.45) is 2.28. The average molecular weight is 493 g/mol. The second kappa shape index (κ2) is 12.9. The lowest BCUT2D eigenvalue weighted by atomic mass is 9.99. The maximum absolute atomic E-state index is 13.9. The van der Waals surface area contributed by atoms with Gasteiger partial charge in [-0.2, -0.15) is 0 Å². The number of aryl methyl sites for hydroxylation is 2. The van der Waals surface area contributed by atoms with E-state index < -0.39 is 6.04 Å². The van der Waals surface area contributed by atoms with Gasteiger partial charge in [0.15, 0.2) is 0 Å². The normalized spacial score (nSPS) is 11.7. The highest BCUT2D eigenvalue weighted by molar-refractivity contribution is 5.89. The van der Waals surface area contributed by atoms with Gasteiger partial charge >= 0.3 is 0 Å². The number of rotatable bonds is 11. The molecule has 4 heteroatoms. The minimum absolute atomic E-state index is 0.0129. The van der Waals surface area contributed by atoms with Crippen LogP contribution in [0, 0.1) is 6.92 Å². The van der Waals surface area contributed by atoms with Crippen molar-refractivity contribution in [1.29, 1.82) is 0 Å². The van der Waals surface area contributed by atoms with Gasteiger partial charge in [-0.05, 0) is 47.2 Å². The molecule has 4 aromatic carbocycles. The standard InChI is InChI=1S/C33H36N2O2/c1-3-22-34-33(37)31(23-26-10-5-4-6-11-26)35(24-27-18-16-25(2)17-19-27)32(36)21-20-29-14-9-13-28-12-7-8-15-30(28)29/h4-19,31H,3,20-24H2,1-2H3,(H,34,37)/t31-/m1/s1. The number of nitrogens with zero attached hydrogens (tertiary/aromatic N) is 1. The van der Waals surface area contributed by atoms with Crippen molar-refractivity contribution in [3.63, 3.8) is 0 Å². The first kappa shape index (κ1) is 26.2. The maximum Gasteiger partial charge on any atom is 0.243 e. The highest BCUT2D eigenvalue weighted by Crippen LogP contribution is 2.22. The van der Waals surface area contributed by atoms with E-state index in [2.05, 4.69) is 41.7 Å². The van der Waals surface area contributed by atoms with Gasteiger partial charge in [-0.1, -0.05) is 110 Å². The van der Waals surface area contributed by atoms with Crippen LogP contribution in [0.3, 0.4) is 0 Å². The van der Waals surface area contributed by atoms with Crippen molar-refractivity contribution in [3.8, 4) is 0 Å². The molecule has 0 aliphatic rings. The molecule has 0 heterocycles. The molecular formula is C33H36N2O2. The number of carbonyl (C=O) groups excluding carboxylic acids is 2. The van der Waals surface area contributed by atoms with E-state index in [1.54, 1.807) is 4.90 Å². The fraction of sp³-hybridized carbons (Fsp3) is 0.273. The van der Waals surface area contributed by atoms with Crippen molar-refractivity contribution in [2.24, 2.45) is 0 Å². The third-order valence-electron chi connectivity index (χ3n) is 6.78. The van der Waals surface area contributed by atoms with Gasteiger partial charge in [0.2, 0.25) is 11.8 Å². The second-order valence-electron chi connectivity index (χ2n) is 9.64. The number of amides is 2. The molecule has 4 aromatic rings. The Hall–Kier alpha value is -3.92. The summed E-state index contributed by atoms with van der Waals surface area (Å²) in [6.45, 7) is 5.07. The minimum atomic E-state index is -0.588. The molecule has 0 spiro atoms. The molecule has 0 saturated carbocycles. The molecule has 190 valence electrons. The number of nitrogens with one attached hydrogen (secondary N) is 1. The zero-order valence-corrected chi connectivity index (χ0v) is 21.8. The molecule has 37 heavy (non-hydrogen) atoms. The Morgan fingerprint density at radius 1 is 0.811 bits per heavy atom. The molecule has 1 atom stereocenters. The Balaban J connectivity index is 1.62. The lowest BCUT2D eigenvalue weighted by molar-refractivity contribution is -0.141. The van der Waals surface area contributed by atoms with Crippen LogP contribution in [0.2, 0.25) is 0 Å². The number of benzene rings is 4. The summed E-state index contributed by atoms with van der Waals surface area (Å²) in [5, 5.41) is 5.39. The number of fused-ring (bicyclic) bond motifs is 1.